The fraction of sp³-hybridized carbons (Fsp3) is 0.0870. The van der Waals surface area contributed by atoms with Gasteiger partial charge in [-0.15, -0.1) is 0 Å². The molecule has 0 atom stereocenters. The van der Waals surface area contributed by atoms with Crippen LogP contribution >= 0.6 is 0 Å². The second-order valence-corrected chi connectivity index (χ2v) is 5.86. The van der Waals surface area contributed by atoms with E-state index in [9.17, 15) is 10.1 Å². The lowest BCUT2D eigenvalue weighted by atomic mass is 10.0. The van der Waals surface area contributed by atoms with Crippen LogP contribution in [0.1, 0.15) is 34.2 Å². The highest BCUT2D eigenvalue weighted by Crippen LogP contribution is 2.26. The molecule has 1 aromatic heterocycles. The number of nitrogens with zero attached hydrogens (tertiary/aromatic N) is 2. The highest BCUT2D eigenvalue weighted by Gasteiger charge is 2.10. The van der Waals surface area contributed by atoms with Gasteiger partial charge in [0.15, 0.2) is 0 Å². The summed E-state index contributed by atoms with van der Waals surface area (Å²) in [7, 11) is 0. The zero-order valence-electron chi connectivity index (χ0n) is 15.2. The maximum atomic E-state index is 11.9. The van der Waals surface area contributed by atoms with E-state index in [1.807, 2.05) is 12.1 Å². The largest absolute Gasteiger partial charge is 0.462 e. The topological polar surface area (TPSA) is 87.0 Å². The maximum absolute atomic E-state index is 11.9. The smallest absolute Gasteiger partial charge is 0.338 e. The van der Waals surface area contributed by atoms with Crippen molar-refractivity contribution in [1.82, 2.24) is 0 Å². The number of nitriles is 2. The SMILES string of the molecule is CCOC(=O)c1cccc(-c2ccc(/C=C(/C#N)c3ccc(C#N)cc3)o2)c1. The van der Waals surface area contributed by atoms with Gasteiger partial charge in [0.05, 0.1) is 35.4 Å². The van der Waals surface area contributed by atoms with Crippen molar-refractivity contribution in [3.63, 3.8) is 0 Å². The van der Waals surface area contributed by atoms with E-state index in [-0.39, 0.29) is 5.97 Å². The van der Waals surface area contributed by atoms with E-state index in [0.717, 1.165) is 5.56 Å². The van der Waals surface area contributed by atoms with Gasteiger partial charge in [-0.1, -0.05) is 24.3 Å². The van der Waals surface area contributed by atoms with Crippen LogP contribution in [0.25, 0.3) is 23.0 Å². The summed E-state index contributed by atoms with van der Waals surface area (Å²) >= 11 is 0. The second-order valence-electron chi connectivity index (χ2n) is 5.86. The lowest BCUT2D eigenvalue weighted by Gasteiger charge is -2.03. The van der Waals surface area contributed by atoms with E-state index in [1.54, 1.807) is 67.6 Å². The Bertz CT molecular complexity index is 1110. The third-order valence-corrected chi connectivity index (χ3v) is 4.02. The summed E-state index contributed by atoms with van der Waals surface area (Å²) in [6, 6.07) is 21.5. The van der Waals surface area contributed by atoms with Gasteiger partial charge in [0.25, 0.3) is 0 Å². The van der Waals surface area contributed by atoms with Crippen molar-refractivity contribution < 1.29 is 13.9 Å². The van der Waals surface area contributed by atoms with Crippen LogP contribution in [0, 0.1) is 22.7 Å². The van der Waals surface area contributed by atoms with Gasteiger partial charge in [0.2, 0.25) is 0 Å². The Morgan fingerprint density at radius 3 is 2.54 bits per heavy atom. The fourth-order valence-corrected chi connectivity index (χ4v) is 2.65. The molecule has 0 bridgehead atoms. The van der Waals surface area contributed by atoms with Crippen LogP contribution in [0.4, 0.5) is 0 Å². The summed E-state index contributed by atoms with van der Waals surface area (Å²) in [5.41, 5.74) is 2.84. The van der Waals surface area contributed by atoms with Crippen LogP contribution in [-0.2, 0) is 4.74 Å². The van der Waals surface area contributed by atoms with Crippen molar-refractivity contribution in [2.75, 3.05) is 6.61 Å². The first-order chi connectivity index (χ1) is 13.6. The summed E-state index contributed by atoms with van der Waals surface area (Å²) < 4.78 is 10.9. The summed E-state index contributed by atoms with van der Waals surface area (Å²) in [6.07, 6.45) is 1.64. The minimum atomic E-state index is -0.386. The van der Waals surface area contributed by atoms with Crippen LogP contribution in [-0.4, -0.2) is 12.6 Å². The predicted molar refractivity (Wildman–Crippen MR) is 105 cm³/mol. The molecule has 0 spiro atoms. The second kappa shape index (κ2) is 8.53. The molecule has 0 saturated carbocycles. The number of ether oxygens (including phenoxy) is 1. The predicted octanol–water partition coefficient (Wildman–Crippen LogP) is 5.06. The lowest BCUT2D eigenvalue weighted by molar-refractivity contribution is 0.0526. The zero-order valence-corrected chi connectivity index (χ0v) is 15.2. The number of benzene rings is 2. The molecular weight excluding hydrogens is 352 g/mol. The highest BCUT2D eigenvalue weighted by atomic mass is 16.5. The Hall–Kier alpha value is -4.09. The van der Waals surface area contributed by atoms with Crippen LogP contribution in [0.3, 0.4) is 0 Å². The minimum absolute atomic E-state index is 0.311. The Balaban J connectivity index is 1.88. The Labute approximate surface area is 162 Å². The van der Waals surface area contributed by atoms with Crippen molar-refractivity contribution in [3.8, 4) is 23.5 Å². The highest BCUT2D eigenvalue weighted by molar-refractivity contribution is 5.91. The molecule has 5 nitrogen and oxygen atoms in total. The van der Waals surface area contributed by atoms with Gasteiger partial charge in [0.1, 0.15) is 11.5 Å². The number of allylic oxidation sites excluding steroid dienone is 1. The summed E-state index contributed by atoms with van der Waals surface area (Å²) in [4.78, 5) is 11.9. The molecule has 1 heterocycles. The number of hydrogen-bond acceptors (Lipinski definition) is 5. The van der Waals surface area contributed by atoms with Gasteiger partial charge in [0, 0.05) is 5.56 Å². The number of carbonyl (C=O) groups is 1. The standard InChI is InChI=1S/C23H16N2O3/c1-2-27-23(26)19-5-3-4-18(12-19)22-11-10-21(28-22)13-20(15-25)17-8-6-16(14-24)7-9-17/h3-13H,2H2,1H3/b20-13-. The molecular formula is C23H16N2O3. The fourth-order valence-electron chi connectivity index (χ4n) is 2.65. The lowest BCUT2D eigenvalue weighted by Crippen LogP contribution is -2.04. The third-order valence-electron chi connectivity index (χ3n) is 4.02. The number of rotatable bonds is 5. The summed E-state index contributed by atoms with van der Waals surface area (Å²) in [6.45, 7) is 2.07. The van der Waals surface area contributed by atoms with E-state index in [0.29, 0.717) is 40.4 Å². The van der Waals surface area contributed by atoms with Crippen molar-refractivity contribution in [1.29, 1.82) is 10.5 Å². The number of esters is 1. The molecule has 0 fully saturated rings. The molecule has 0 radical (unpaired) electrons. The Morgan fingerprint density at radius 1 is 1.07 bits per heavy atom. The normalized spacial score (nSPS) is 10.8. The molecule has 3 aromatic rings. The van der Waals surface area contributed by atoms with E-state index >= 15 is 0 Å². The van der Waals surface area contributed by atoms with Crippen LogP contribution in [0.2, 0.25) is 0 Å². The Kier molecular flexibility index (Phi) is 5.69. The first kappa shape index (κ1) is 18.7. The molecule has 5 heteroatoms. The van der Waals surface area contributed by atoms with Gasteiger partial charge >= 0.3 is 5.97 Å². The van der Waals surface area contributed by atoms with E-state index < -0.39 is 0 Å². The first-order valence-electron chi connectivity index (χ1n) is 8.64. The quantitative estimate of drug-likeness (QED) is 0.464. The number of hydrogen-bond donors (Lipinski definition) is 0. The number of furan rings is 1. The third kappa shape index (κ3) is 4.17. The monoisotopic (exact) mass is 368 g/mol. The van der Waals surface area contributed by atoms with Gasteiger partial charge in [-0.05, 0) is 55.0 Å². The van der Waals surface area contributed by atoms with Crippen LogP contribution in [0.5, 0.6) is 0 Å². The summed E-state index contributed by atoms with van der Waals surface area (Å²) in [5.74, 6) is 0.704. The average Bonchev–Trinajstić information content (AvgIpc) is 3.21. The molecule has 3 rings (SSSR count). The molecule has 0 unspecified atom stereocenters. The van der Waals surface area contributed by atoms with Crippen LogP contribution < -0.4 is 0 Å². The van der Waals surface area contributed by atoms with Gasteiger partial charge in [-0.3, -0.25) is 0 Å². The molecule has 0 aliphatic heterocycles. The maximum Gasteiger partial charge on any atom is 0.338 e. The van der Waals surface area contributed by atoms with E-state index in [4.69, 9.17) is 14.4 Å². The molecule has 0 saturated heterocycles. The Morgan fingerprint density at radius 2 is 1.86 bits per heavy atom. The molecule has 136 valence electrons. The summed E-state index contributed by atoms with van der Waals surface area (Å²) in [5, 5.41) is 18.3. The molecule has 0 aliphatic carbocycles. The molecule has 0 aliphatic rings. The van der Waals surface area contributed by atoms with Gasteiger partial charge in [-0.25, -0.2) is 4.79 Å². The van der Waals surface area contributed by atoms with E-state index in [2.05, 4.69) is 6.07 Å². The van der Waals surface area contributed by atoms with Gasteiger partial charge < -0.3 is 9.15 Å². The average molecular weight is 368 g/mol. The van der Waals surface area contributed by atoms with E-state index in [1.165, 1.54) is 0 Å². The molecule has 0 amide bonds. The zero-order chi connectivity index (χ0) is 19.9. The van der Waals surface area contributed by atoms with Crippen molar-refractivity contribution in [3.05, 3.63) is 83.1 Å². The van der Waals surface area contributed by atoms with Gasteiger partial charge in [-0.2, -0.15) is 10.5 Å². The molecule has 28 heavy (non-hydrogen) atoms. The molecule has 0 N–H and O–H groups in total. The van der Waals surface area contributed by atoms with Crippen molar-refractivity contribution in [2.24, 2.45) is 0 Å². The first-order valence-corrected chi connectivity index (χ1v) is 8.64. The number of carbonyl (C=O) groups excluding carboxylic acids is 1. The van der Waals surface area contributed by atoms with Crippen LogP contribution in [0.15, 0.2) is 65.1 Å². The molecule has 2 aromatic carbocycles. The minimum Gasteiger partial charge on any atom is -0.462 e. The van der Waals surface area contributed by atoms with Crippen molar-refractivity contribution in [2.45, 2.75) is 6.92 Å². The van der Waals surface area contributed by atoms with Crippen molar-refractivity contribution >= 4 is 17.6 Å².